The molecule has 1 aliphatic carbocycles. The molecular weight excluding hydrogens is 951 g/mol. The quantitative estimate of drug-likeness (QED) is 0.0404. The lowest BCUT2D eigenvalue weighted by Gasteiger charge is -2.37. The summed E-state index contributed by atoms with van der Waals surface area (Å²) < 4.78 is 28.1. The van der Waals surface area contributed by atoms with Crippen LogP contribution in [-0.4, -0.2) is 133 Å². The number of aliphatic hydroxyl groups is 1. The maximum absolute atomic E-state index is 13.9. The molecule has 2 fully saturated rings. The second kappa shape index (κ2) is 26.1. The van der Waals surface area contributed by atoms with Crippen molar-refractivity contribution < 1.29 is 52.8 Å². The molecule has 1 saturated carbocycles. The maximum Gasteiger partial charge on any atom is 0.322 e. The molecule has 386 valence electrons. The standard InChI is InChI=1S/C54H59N9O11/c55-31-37-9-20-46(57-33-37)60-40-13-17-42(18-14-40)62(54(69)59-32-36-5-2-1-3-6-36)41-15-10-38(11-16-41)39-12-22-49(58-34-39)73-30-29-72-28-27-71-26-25-70-24-23-56-48(65)35-74-45-8-4-7-43-50(45)53(68)63(52(43)67)44-19-21-47(64)61-51(44)66/h1-12,15-16,20,22,33-34,40,42,44,51,66H,13-14,17-19,21,23-30,32,35H2,(H,56,65)(H,57,60)(H,59,69)(H,61,64)/t40-,42-,44?,51?. The number of nitrogens with zero attached hydrogens (tertiary/aromatic N) is 5. The molecule has 5 aromatic rings. The number of nitrogens with one attached hydrogen (secondary N) is 4. The number of hydrogen-bond donors (Lipinski definition) is 5. The predicted octanol–water partition coefficient (Wildman–Crippen LogP) is 4.97. The summed E-state index contributed by atoms with van der Waals surface area (Å²) >= 11 is 0. The van der Waals surface area contributed by atoms with Crippen molar-refractivity contribution in [2.45, 2.75) is 69.4 Å². The van der Waals surface area contributed by atoms with Crippen LogP contribution in [0.1, 0.15) is 70.4 Å². The van der Waals surface area contributed by atoms with E-state index in [9.17, 15) is 29.1 Å². The number of carbonyl (C=O) groups is 5. The number of nitriles is 1. The number of aromatic nitrogens is 2. The molecule has 4 heterocycles. The van der Waals surface area contributed by atoms with Crippen molar-refractivity contribution in [2.24, 2.45) is 0 Å². The van der Waals surface area contributed by atoms with Gasteiger partial charge in [-0.1, -0.05) is 48.5 Å². The zero-order valence-electron chi connectivity index (χ0n) is 40.8. The van der Waals surface area contributed by atoms with Crippen LogP contribution in [-0.2, 0) is 30.3 Å². The molecule has 6 amide bonds. The van der Waals surface area contributed by atoms with Crippen molar-refractivity contribution in [1.82, 2.24) is 30.8 Å². The van der Waals surface area contributed by atoms with Gasteiger partial charge in [-0.2, -0.15) is 5.26 Å². The van der Waals surface area contributed by atoms with Gasteiger partial charge in [0.15, 0.2) is 6.61 Å². The Kier molecular flexibility index (Phi) is 18.5. The highest BCUT2D eigenvalue weighted by Gasteiger charge is 2.46. The predicted molar refractivity (Wildman–Crippen MR) is 270 cm³/mol. The lowest BCUT2D eigenvalue weighted by atomic mass is 9.89. The molecule has 3 aliphatic rings. The summed E-state index contributed by atoms with van der Waals surface area (Å²) in [5.41, 5.74) is 4.29. The smallest absolute Gasteiger partial charge is 0.322 e. The molecule has 0 radical (unpaired) electrons. The van der Waals surface area contributed by atoms with E-state index in [1.54, 1.807) is 24.5 Å². The van der Waals surface area contributed by atoms with Gasteiger partial charge in [0.2, 0.25) is 11.8 Å². The van der Waals surface area contributed by atoms with Crippen LogP contribution in [0.2, 0.25) is 0 Å². The van der Waals surface area contributed by atoms with Gasteiger partial charge in [-0.3, -0.25) is 29.0 Å². The number of ether oxygens (including phenoxy) is 5. The highest BCUT2D eigenvalue weighted by molar-refractivity contribution is 6.23. The first-order valence-corrected chi connectivity index (χ1v) is 24.7. The fourth-order valence-electron chi connectivity index (χ4n) is 8.97. The molecule has 20 nitrogen and oxygen atoms in total. The summed E-state index contributed by atoms with van der Waals surface area (Å²) in [6.45, 7) is 2.41. The second-order valence-electron chi connectivity index (χ2n) is 17.7. The molecule has 0 bridgehead atoms. The number of carbonyl (C=O) groups excluding carboxylic acids is 5. The number of urea groups is 1. The topological polar surface area (TPSA) is 256 Å². The van der Waals surface area contributed by atoms with E-state index in [1.165, 1.54) is 18.2 Å². The number of pyridine rings is 2. The Hall–Kier alpha value is -7.96. The van der Waals surface area contributed by atoms with Gasteiger partial charge in [0, 0.05) is 61.3 Å². The van der Waals surface area contributed by atoms with Gasteiger partial charge in [0.05, 0.1) is 62.4 Å². The molecule has 2 aromatic heterocycles. The van der Waals surface area contributed by atoms with Crippen LogP contribution < -0.4 is 35.6 Å². The average molecular weight is 1010 g/mol. The molecular formula is C54H59N9O11. The number of hydrogen-bond acceptors (Lipinski definition) is 15. The highest BCUT2D eigenvalue weighted by Crippen LogP contribution is 2.35. The average Bonchev–Trinajstić information content (AvgIpc) is 3.68. The molecule has 20 heteroatoms. The van der Waals surface area contributed by atoms with Crippen molar-refractivity contribution in [3.63, 3.8) is 0 Å². The third kappa shape index (κ3) is 14.0. The van der Waals surface area contributed by atoms with Crippen LogP contribution in [0.3, 0.4) is 0 Å². The summed E-state index contributed by atoms with van der Waals surface area (Å²) in [6, 6.07) is 30.8. The number of benzene rings is 3. The molecule has 0 spiro atoms. The van der Waals surface area contributed by atoms with E-state index in [0.717, 1.165) is 58.8 Å². The number of rotatable bonds is 24. The Morgan fingerprint density at radius 1 is 0.743 bits per heavy atom. The first kappa shape index (κ1) is 52.4. The van der Waals surface area contributed by atoms with Gasteiger partial charge >= 0.3 is 6.03 Å². The van der Waals surface area contributed by atoms with Crippen molar-refractivity contribution in [3.05, 3.63) is 132 Å². The summed E-state index contributed by atoms with van der Waals surface area (Å²) in [7, 11) is 0. The lowest BCUT2D eigenvalue weighted by Crippen LogP contribution is -2.57. The number of amides is 6. The summed E-state index contributed by atoms with van der Waals surface area (Å²) in [5, 5.41) is 31.1. The van der Waals surface area contributed by atoms with E-state index in [0.29, 0.717) is 57.6 Å². The third-order valence-electron chi connectivity index (χ3n) is 12.8. The Morgan fingerprint density at radius 3 is 2.16 bits per heavy atom. The minimum absolute atomic E-state index is 0.00187. The van der Waals surface area contributed by atoms with Crippen LogP contribution in [0.25, 0.3) is 11.1 Å². The van der Waals surface area contributed by atoms with Crippen LogP contribution in [0.15, 0.2) is 109 Å². The summed E-state index contributed by atoms with van der Waals surface area (Å²) in [6.07, 6.45) is 5.45. The largest absolute Gasteiger partial charge is 0.483 e. The number of fused-ring (bicyclic) bond motifs is 1. The molecule has 8 rings (SSSR count). The van der Waals surface area contributed by atoms with Gasteiger partial charge in [0.1, 0.15) is 30.5 Å². The van der Waals surface area contributed by atoms with Crippen molar-refractivity contribution in [1.29, 1.82) is 5.26 Å². The van der Waals surface area contributed by atoms with E-state index in [-0.39, 0.29) is 66.9 Å². The molecule has 2 atom stereocenters. The SMILES string of the molecule is N#Cc1ccc(N[C@H]2CC[C@H](N(C(=O)NCc3ccccc3)c3ccc(-c4ccc(OCCOCCOCCOCCNC(=O)COc5cccc6c5C(=O)N(C5CCC(=O)NC5O)C6=O)nc4)cc3)CC2)nc1. The monoisotopic (exact) mass is 1010 g/mol. The van der Waals surface area contributed by atoms with Crippen molar-refractivity contribution in [3.8, 4) is 28.8 Å². The number of imide groups is 1. The van der Waals surface area contributed by atoms with Crippen molar-refractivity contribution in [2.75, 3.05) is 69.6 Å². The number of piperidine rings is 1. The Morgan fingerprint density at radius 2 is 1.47 bits per heavy atom. The van der Waals surface area contributed by atoms with Gasteiger partial charge < -0.3 is 50.1 Å². The normalized spacial score (nSPS) is 18.2. The lowest BCUT2D eigenvalue weighted by molar-refractivity contribution is -0.129. The second-order valence-corrected chi connectivity index (χ2v) is 17.7. The minimum atomic E-state index is -1.38. The van der Waals surface area contributed by atoms with Gasteiger partial charge in [-0.25, -0.2) is 14.8 Å². The van der Waals surface area contributed by atoms with E-state index in [1.807, 2.05) is 71.6 Å². The Labute approximate surface area is 428 Å². The minimum Gasteiger partial charge on any atom is -0.483 e. The van der Waals surface area contributed by atoms with E-state index >= 15 is 0 Å². The van der Waals surface area contributed by atoms with Crippen LogP contribution in [0, 0.1) is 11.3 Å². The fourth-order valence-corrected chi connectivity index (χ4v) is 8.97. The van der Waals surface area contributed by atoms with Gasteiger partial charge in [-0.15, -0.1) is 0 Å². The molecule has 5 N–H and O–H groups in total. The van der Waals surface area contributed by atoms with Gasteiger partial charge in [-0.05, 0) is 85.7 Å². The maximum atomic E-state index is 13.9. The van der Waals surface area contributed by atoms with Crippen LogP contribution >= 0.6 is 0 Å². The molecule has 1 saturated heterocycles. The zero-order valence-corrected chi connectivity index (χ0v) is 40.8. The van der Waals surface area contributed by atoms with Crippen LogP contribution in [0.5, 0.6) is 11.6 Å². The van der Waals surface area contributed by atoms with E-state index < -0.39 is 36.6 Å². The summed E-state index contributed by atoms with van der Waals surface area (Å²) in [4.78, 5) is 76.0. The zero-order chi connectivity index (χ0) is 51.7. The Balaban J connectivity index is 0.685. The fraction of sp³-hybridized carbons (Fsp3) is 0.370. The number of anilines is 2. The first-order valence-electron chi connectivity index (χ1n) is 24.7. The van der Waals surface area contributed by atoms with E-state index in [4.69, 9.17) is 28.9 Å². The highest BCUT2D eigenvalue weighted by atomic mass is 16.6. The van der Waals surface area contributed by atoms with Crippen molar-refractivity contribution >= 4 is 41.2 Å². The summed E-state index contributed by atoms with van der Waals surface area (Å²) in [5.74, 6) is -0.834. The molecule has 2 unspecified atom stereocenters. The Bertz CT molecular complexity index is 2730. The molecule has 3 aromatic carbocycles. The first-order chi connectivity index (χ1) is 36.1. The number of aliphatic hydroxyl groups excluding tert-OH is 1. The third-order valence-corrected chi connectivity index (χ3v) is 12.8. The van der Waals surface area contributed by atoms with Gasteiger partial charge in [0.25, 0.3) is 17.7 Å². The van der Waals surface area contributed by atoms with Crippen LogP contribution in [0.4, 0.5) is 16.3 Å². The molecule has 74 heavy (non-hydrogen) atoms. The molecule has 2 aliphatic heterocycles. The van der Waals surface area contributed by atoms with E-state index in [2.05, 4.69) is 37.3 Å².